The molecule has 0 aliphatic heterocycles. The molecule has 1 heterocycles. The molecular weight excluding hydrogens is 240 g/mol. The first-order chi connectivity index (χ1) is 9.20. The highest BCUT2D eigenvalue weighted by atomic mass is 16.4. The van der Waals surface area contributed by atoms with Crippen LogP contribution < -0.4 is 10.6 Å². The van der Waals surface area contributed by atoms with Gasteiger partial charge in [0, 0.05) is 6.04 Å². The third-order valence-corrected chi connectivity index (χ3v) is 4.34. The molecule has 0 amide bonds. The summed E-state index contributed by atoms with van der Waals surface area (Å²) in [6.07, 6.45) is 5.43. The molecule has 2 aliphatic rings. The number of aromatic nitrogens is 2. The van der Waals surface area contributed by atoms with Gasteiger partial charge in [-0.2, -0.15) is 0 Å². The van der Waals surface area contributed by atoms with Crippen LogP contribution >= 0.6 is 0 Å². The fraction of sp³-hybridized carbons (Fsp3) is 0.857. The lowest BCUT2D eigenvalue weighted by Crippen LogP contribution is -2.25. The van der Waals surface area contributed by atoms with E-state index in [1.54, 1.807) is 0 Å². The van der Waals surface area contributed by atoms with Gasteiger partial charge in [0.1, 0.15) is 0 Å². The first-order valence-corrected chi connectivity index (χ1v) is 7.50. The Bertz CT molecular complexity index is 417. The molecule has 0 radical (unpaired) electrons. The molecule has 2 saturated carbocycles. The van der Waals surface area contributed by atoms with E-state index in [-0.39, 0.29) is 0 Å². The van der Waals surface area contributed by atoms with Gasteiger partial charge in [-0.3, -0.25) is 0 Å². The van der Waals surface area contributed by atoms with Crippen LogP contribution in [0.5, 0.6) is 0 Å². The molecule has 19 heavy (non-hydrogen) atoms. The van der Waals surface area contributed by atoms with Gasteiger partial charge in [0.2, 0.25) is 5.89 Å². The van der Waals surface area contributed by atoms with Gasteiger partial charge in [0.25, 0.3) is 0 Å². The minimum Gasteiger partial charge on any atom is -0.407 e. The Morgan fingerprint density at radius 2 is 2.16 bits per heavy atom. The lowest BCUT2D eigenvalue weighted by atomic mass is 9.96. The van der Waals surface area contributed by atoms with Crippen LogP contribution in [0.1, 0.15) is 45.4 Å². The van der Waals surface area contributed by atoms with Gasteiger partial charge in [-0.15, -0.1) is 5.10 Å². The van der Waals surface area contributed by atoms with Crippen molar-refractivity contribution >= 4 is 6.01 Å². The van der Waals surface area contributed by atoms with Crippen LogP contribution in [0.15, 0.2) is 4.42 Å². The monoisotopic (exact) mass is 264 g/mol. The van der Waals surface area contributed by atoms with Crippen molar-refractivity contribution in [1.29, 1.82) is 0 Å². The largest absolute Gasteiger partial charge is 0.407 e. The van der Waals surface area contributed by atoms with Gasteiger partial charge in [0.05, 0.1) is 6.54 Å². The van der Waals surface area contributed by atoms with E-state index >= 15 is 0 Å². The van der Waals surface area contributed by atoms with Crippen molar-refractivity contribution in [2.24, 2.45) is 17.8 Å². The summed E-state index contributed by atoms with van der Waals surface area (Å²) in [6.45, 7) is 5.99. The van der Waals surface area contributed by atoms with Crippen molar-refractivity contribution in [1.82, 2.24) is 15.5 Å². The van der Waals surface area contributed by atoms with Gasteiger partial charge in [-0.25, -0.2) is 0 Å². The maximum atomic E-state index is 5.64. The smallest absolute Gasteiger partial charge is 0.315 e. The van der Waals surface area contributed by atoms with E-state index in [1.807, 2.05) is 0 Å². The SMILES string of the molecule is CC(C)CNCc1nnc(NC2CC3CCC2C3)o1. The summed E-state index contributed by atoms with van der Waals surface area (Å²) in [5, 5.41) is 14.9. The Hall–Kier alpha value is -1.10. The summed E-state index contributed by atoms with van der Waals surface area (Å²) in [4.78, 5) is 0. The predicted molar refractivity (Wildman–Crippen MR) is 73.7 cm³/mol. The number of nitrogens with zero attached hydrogens (tertiary/aromatic N) is 2. The van der Waals surface area contributed by atoms with Gasteiger partial charge in [-0.1, -0.05) is 25.4 Å². The van der Waals surface area contributed by atoms with Gasteiger partial charge in [-0.05, 0) is 43.6 Å². The Morgan fingerprint density at radius 1 is 1.26 bits per heavy atom. The van der Waals surface area contributed by atoms with E-state index in [0.717, 1.165) is 18.4 Å². The van der Waals surface area contributed by atoms with E-state index in [4.69, 9.17) is 4.42 Å². The molecule has 2 aliphatic carbocycles. The highest BCUT2D eigenvalue weighted by molar-refractivity contribution is 5.22. The van der Waals surface area contributed by atoms with Crippen molar-refractivity contribution in [3.05, 3.63) is 5.89 Å². The second-order valence-electron chi connectivity index (χ2n) is 6.45. The lowest BCUT2D eigenvalue weighted by molar-refractivity contribution is 0.417. The molecule has 5 heteroatoms. The molecule has 5 nitrogen and oxygen atoms in total. The number of hydrogen-bond donors (Lipinski definition) is 2. The fourth-order valence-corrected chi connectivity index (χ4v) is 3.43. The van der Waals surface area contributed by atoms with Gasteiger partial charge >= 0.3 is 6.01 Å². The average Bonchev–Trinajstić information content (AvgIpc) is 3.05. The molecule has 3 unspecified atom stereocenters. The average molecular weight is 264 g/mol. The topological polar surface area (TPSA) is 63.0 Å². The van der Waals surface area contributed by atoms with Crippen molar-refractivity contribution in [3.63, 3.8) is 0 Å². The second kappa shape index (κ2) is 5.49. The van der Waals surface area contributed by atoms with Gasteiger partial charge < -0.3 is 15.1 Å². The Labute approximate surface area is 114 Å². The molecule has 2 fully saturated rings. The number of nitrogens with one attached hydrogen (secondary N) is 2. The van der Waals surface area contributed by atoms with Crippen LogP contribution in [0.3, 0.4) is 0 Å². The number of hydrogen-bond acceptors (Lipinski definition) is 5. The molecule has 3 atom stereocenters. The normalized spacial score (nSPS) is 29.3. The lowest BCUT2D eigenvalue weighted by Gasteiger charge is -2.21. The Kier molecular flexibility index (Phi) is 3.73. The molecule has 2 bridgehead atoms. The molecule has 0 aromatic carbocycles. The molecule has 1 aromatic rings. The maximum absolute atomic E-state index is 5.64. The van der Waals surface area contributed by atoms with Crippen LogP contribution in [0.4, 0.5) is 6.01 Å². The van der Waals surface area contributed by atoms with Crippen LogP contribution in [0, 0.1) is 17.8 Å². The zero-order valence-electron chi connectivity index (χ0n) is 11.9. The zero-order valence-corrected chi connectivity index (χ0v) is 11.9. The van der Waals surface area contributed by atoms with Crippen molar-refractivity contribution in [3.8, 4) is 0 Å². The maximum Gasteiger partial charge on any atom is 0.315 e. The molecule has 3 rings (SSSR count). The first-order valence-electron chi connectivity index (χ1n) is 7.50. The molecule has 106 valence electrons. The fourth-order valence-electron chi connectivity index (χ4n) is 3.43. The molecule has 2 N–H and O–H groups in total. The third-order valence-electron chi connectivity index (χ3n) is 4.34. The minimum atomic E-state index is 0.552. The van der Waals surface area contributed by atoms with Crippen molar-refractivity contribution in [2.45, 2.75) is 52.1 Å². The summed E-state index contributed by atoms with van der Waals surface area (Å²) < 4.78 is 5.64. The van der Waals surface area contributed by atoms with Crippen LogP contribution in [-0.2, 0) is 6.54 Å². The number of rotatable bonds is 6. The van der Waals surface area contributed by atoms with E-state index < -0.39 is 0 Å². The standard InChI is InChI=1S/C14H24N4O/c1-9(2)7-15-8-13-17-18-14(19-13)16-12-6-10-3-4-11(12)5-10/h9-12,15H,3-8H2,1-2H3,(H,16,18). The zero-order chi connectivity index (χ0) is 13.2. The van der Waals surface area contributed by atoms with Crippen LogP contribution in [0.2, 0.25) is 0 Å². The Morgan fingerprint density at radius 3 is 2.84 bits per heavy atom. The predicted octanol–water partition coefficient (Wildman–Crippen LogP) is 2.42. The van der Waals surface area contributed by atoms with E-state index in [2.05, 4.69) is 34.7 Å². The highest BCUT2D eigenvalue weighted by Crippen LogP contribution is 2.45. The summed E-state index contributed by atoms with van der Waals surface area (Å²) in [7, 11) is 0. The summed E-state index contributed by atoms with van der Waals surface area (Å²) in [5.41, 5.74) is 0. The first kappa shape index (κ1) is 12.9. The van der Waals surface area contributed by atoms with Crippen molar-refractivity contribution in [2.75, 3.05) is 11.9 Å². The van der Waals surface area contributed by atoms with Gasteiger partial charge in [0.15, 0.2) is 0 Å². The summed E-state index contributed by atoms with van der Waals surface area (Å²) >= 11 is 0. The molecule has 1 aromatic heterocycles. The molecule has 0 saturated heterocycles. The van der Waals surface area contributed by atoms with Crippen LogP contribution in [0.25, 0.3) is 0 Å². The Balaban J connectivity index is 1.48. The second-order valence-corrected chi connectivity index (χ2v) is 6.45. The van der Waals surface area contributed by atoms with E-state index in [1.165, 1.54) is 25.7 Å². The van der Waals surface area contributed by atoms with Crippen LogP contribution in [-0.4, -0.2) is 22.8 Å². The molecule has 0 spiro atoms. The minimum absolute atomic E-state index is 0.552. The number of fused-ring (bicyclic) bond motifs is 2. The van der Waals surface area contributed by atoms with Crippen molar-refractivity contribution < 1.29 is 4.42 Å². The number of anilines is 1. The molecular formula is C14H24N4O. The third kappa shape index (κ3) is 3.08. The summed E-state index contributed by atoms with van der Waals surface area (Å²) in [6, 6.07) is 1.15. The van der Waals surface area contributed by atoms with E-state index in [0.29, 0.717) is 30.4 Å². The summed E-state index contributed by atoms with van der Waals surface area (Å²) in [5.74, 6) is 3.05. The van der Waals surface area contributed by atoms with E-state index in [9.17, 15) is 0 Å². The quantitative estimate of drug-likeness (QED) is 0.826. The highest BCUT2D eigenvalue weighted by Gasteiger charge is 2.40.